The molecule has 0 saturated heterocycles. The molecule has 5 heteroatoms. The van der Waals surface area contributed by atoms with Gasteiger partial charge in [-0.05, 0) is 56.5 Å². The minimum absolute atomic E-state index is 0.0197. The molecule has 0 spiro atoms. The van der Waals surface area contributed by atoms with Crippen LogP contribution in [0.3, 0.4) is 0 Å². The Kier molecular flexibility index (Phi) is 9.13. The molecule has 0 aromatic heterocycles. The highest BCUT2D eigenvalue weighted by Gasteiger charge is 2.28. The molecule has 29 heavy (non-hydrogen) atoms. The van der Waals surface area contributed by atoms with Gasteiger partial charge in [-0.15, -0.1) is 0 Å². The second-order valence-corrected chi connectivity index (χ2v) is 7.85. The fraction of sp³-hybridized carbons (Fsp3) is 0.333. The number of aryl methyl sites for hydroxylation is 1. The Balaban J connectivity index is 0.000000352. The quantitative estimate of drug-likeness (QED) is 0.413. The number of allylic oxidation sites excluding steroid dienone is 1. The van der Waals surface area contributed by atoms with Crippen LogP contribution in [0.1, 0.15) is 37.5 Å². The lowest BCUT2D eigenvalue weighted by atomic mass is 9.92. The van der Waals surface area contributed by atoms with Gasteiger partial charge in [0, 0.05) is 32.5 Å². The standard InChI is InChI=1S/C15H23N3O.C9H11N/c1-12-8-6-7-9-13(12)10-17-14(19)15(2,3)11-18(5)16-4;1-7(2)8-3-5-9(10)6-4-8/h6-9H,4,10-11H2,1-3,5H3,(H,17,19);3-6H,1,10H2,2H3. The van der Waals surface area contributed by atoms with Gasteiger partial charge >= 0.3 is 0 Å². The molecule has 1 amide bonds. The zero-order valence-corrected chi connectivity index (χ0v) is 18.3. The summed E-state index contributed by atoms with van der Waals surface area (Å²) in [4.78, 5) is 12.2. The zero-order valence-electron chi connectivity index (χ0n) is 18.3. The van der Waals surface area contributed by atoms with Crippen LogP contribution < -0.4 is 11.1 Å². The minimum Gasteiger partial charge on any atom is -0.399 e. The van der Waals surface area contributed by atoms with E-state index in [0.717, 1.165) is 22.4 Å². The first-order valence-corrected chi connectivity index (χ1v) is 9.59. The second-order valence-electron chi connectivity index (χ2n) is 7.85. The van der Waals surface area contributed by atoms with E-state index < -0.39 is 5.41 Å². The third-order valence-electron chi connectivity index (χ3n) is 4.58. The maximum absolute atomic E-state index is 12.2. The summed E-state index contributed by atoms with van der Waals surface area (Å²) in [6.07, 6.45) is 0. The number of carbonyl (C=O) groups excluding carboxylic acids is 1. The van der Waals surface area contributed by atoms with Gasteiger partial charge in [-0.2, -0.15) is 5.10 Å². The van der Waals surface area contributed by atoms with Crippen LogP contribution in [0.5, 0.6) is 0 Å². The van der Waals surface area contributed by atoms with Crippen LogP contribution in [0.4, 0.5) is 5.69 Å². The molecule has 156 valence electrons. The Bertz CT molecular complexity index is 825. The van der Waals surface area contributed by atoms with Crippen LogP contribution in [-0.4, -0.2) is 31.2 Å². The third kappa shape index (κ3) is 8.21. The topological polar surface area (TPSA) is 70.7 Å². The fourth-order valence-corrected chi connectivity index (χ4v) is 2.68. The summed E-state index contributed by atoms with van der Waals surface area (Å²) in [6, 6.07) is 15.7. The molecule has 0 radical (unpaired) electrons. The number of nitrogens with one attached hydrogen (secondary N) is 1. The summed E-state index contributed by atoms with van der Waals surface area (Å²) in [5, 5.41) is 8.45. The van der Waals surface area contributed by atoms with Crippen molar-refractivity contribution in [3.05, 3.63) is 71.8 Å². The van der Waals surface area contributed by atoms with Gasteiger partial charge in [-0.25, -0.2) is 0 Å². The van der Waals surface area contributed by atoms with Gasteiger partial charge in [0.1, 0.15) is 0 Å². The molecule has 2 aromatic carbocycles. The van der Waals surface area contributed by atoms with Crippen molar-refractivity contribution in [2.75, 3.05) is 19.3 Å². The molecule has 0 aliphatic heterocycles. The lowest BCUT2D eigenvalue weighted by Crippen LogP contribution is -2.42. The number of anilines is 1. The van der Waals surface area contributed by atoms with Crippen molar-refractivity contribution in [2.45, 2.75) is 34.2 Å². The molecule has 0 aliphatic carbocycles. The van der Waals surface area contributed by atoms with Crippen LogP contribution in [0.15, 0.2) is 60.2 Å². The van der Waals surface area contributed by atoms with E-state index >= 15 is 0 Å². The Morgan fingerprint density at radius 2 is 1.76 bits per heavy atom. The summed E-state index contributed by atoms with van der Waals surface area (Å²) in [6.45, 7) is 16.2. The average molecular weight is 395 g/mol. The molecular formula is C24H34N4O. The van der Waals surface area contributed by atoms with E-state index in [4.69, 9.17) is 5.73 Å². The number of amides is 1. The number of carbonyl (C=O) groups is 1. The van der Waals surface area contributed by atoms with Crippen molar-refractivity contribution in [2.24, 2.45) is 10.5 Å². The number of hydrogen-bond donors (Lipinski definition) is 2. The highest BCUT2D eigenvalue weighted by molar-refractivity contribution is 5.82. The number of hydrazone groups is 1. The molecule has 3 N–H and O–H groups in total. The lowest BCUT2D eigenvalue weighted by Gasteiger charge is -2.27. The predicted molar refractivity (Wildman–Crippen MR) is 125 cm³/mol. The SMILES string of the molecule is C=C(C)c1ccc(N)cc1.C=NN(C)CC(C)(C)C(=O)NCc1ccccc1C. The van der Waals surface area contributed by atoms with Crippen molar-refractivity contribution < 1.29 is 4.79 Å². The maximum atomic E-state index is 12.2. The number of hydrogen-bond acceptors (Lipinski definition) is 4. The van der Waals surface area contributed by atoms with Crippen LogP contribution in [0.2, 0.25) is 0 Å². The number of nitrogens with two attached hydrogens (primary N) is 1. The Hall–Kier alpha value is -3.08. The molecule has 5 nitrogen and oxygen atoms in total. The summed E-state index contributed by atoms with van der Waals surface area (Å²) < 4.78 is 0. The molecule has 0 bridgehead atoms. The molecular weight excluding hydrogens is 360 g/mol. The van der Waals surface area contributed by atoms with Gasteiger partial charge in [0.15, 0.2) is 0 Å². The Morgan fingerprint density at radius 3 is 2.28 bits per heavy atom. The number of nitrogen functional groups attached to an aromatic ring is 1. The summed E-state index contributed by atoms with van der Waals surface area (Å²) >= 11 is 0. The summed E-state index contributed by atoms with van der Waals surface area (Å²) in [5.74, 6) is 0.0197. The molecule has 0 heterocycles. The molecule has 0 unspecified atom stereocenters. The maximum Gasteiger partial charge on any atom is 0.227 e. The van der Waals surface area contributed by atoms with Crippen molar-refractivity contribution in [3.63, 3.8) is 0 Å². The van der Waals surface area contributed by atoms with Gasteiger partial charge in [-0.1, -0.05) is 48.6 Å². The van der Waals surface area contributed by atoms with Crippen LogP contribution in [0, 0.1) is 12.3 Å². The number of benzene rings is 2. The minimum atomic E-state index is -0.501. The lowest BCUT2D eigenvalue weighted by molar-refractivity contribution is -0.130. The van der Waals surface area contributed by atoms with Crippen LogP contribution in [-0.2, 0) is 11.3 Å². The van der Waals surface area contributed by atoms with Crippen LogP contribution >= 0.6 is 0 Å². The predicted octanol–water partition coefficient (Wildman–Crippen LogP) is 4.49. The normalized spacial score (nSPS) is 10.4. The van der Waals surface area contributed by atoms with E-state index in [9.17, 15) is 4.79 Å². The van der Waals surface area contributed by atoms with Crippen molar-refractivity contribution in [1.29, 1.82) is 0 Å². The number of nitrogens with zero attached hydrogens (tertiary/aromatic N) is 2. The fourth-order valence-electron chi connectivity index (χ4n) is 2.68. The first-order chi connectivity index (χ1) is 13.6. The number of rotatable bonds is 7. The first kappa shape index (κ1) is 24.0. The highest BCUT2D eigenvalue weighted by Crippen LogP contribution is 2.17. The largest absolute Gasteiger partial charge is 0.399 e. The van der Waals surface area contributed by atoms with E-state index in [-0.39, 0.29) is 5.91 Å². The van der Waals surface area contributed by atoms with Gasteiger partial charge in [0.05, 0.1) is 5.41 Å². The Morgan fingerprint density at radius 1 is 1.17 bits per heavy atom. The van der Waals surface area contributed by atoms with E-state index in [1.54, 1.807) is 5.01 Å². The van der Waals surface area contributed by atoms with Gasteiger partial charge < -0.3 is 11.1 Å². The summed E-state index contributed by atoms with van der Waals surface area (Å²) in [7, 11) is 1.81. The average Bonchev–Trinajstić information content (AvgIpc) is 2.67. The monoisotopic (exact) mass is 394 g/mol. The molecule has 0 aliphatic rings. The van der Waals surface area contributed by atoms with E-state index in [0.29, 0.717) is 13.1 Å². The van der Waals surface area contributed by atoms with Crippen LogP contribution in [0.25, 0.3) is 5.57 Å². The van der Waals surface area contributed by atoms with Crippen molar-refractivity contribution in [3.8, 4) is 0 Å². The van der Waals surface area contributed by atoms with Crippen molar-refractivity contribution >= 4 is 23.9 Å². The Labute approximate surface area is 175 Å². The van der Waals surface area contributed by atoms with Crippen molar-refractivity contribution in [1.82, 2.24) is 10.3 Å². The third-order valence-corrected chi connectivity index (χ3v) is 4.58. The van der Waals surface area contributed by atoms with Gasteiger partial charge in [0.2, 0.25) is 5.91 Å². The zero-order chi connectivity index (χ0) is 22.0. The molecule has 0 fully saturated rings. The van der Waals surface area contributed by atoms with E-state index in [2.05, 4.69) is 23.7 Å². The van der Waals surface area contributed by atoms with E-state index in [1.165, 1.54) is 5.56 Å². The molecule has 2 aromatic rings. The van der Waals surface area contributed by atoms with Gasteiger partial charge in [-0.3, -0.25) is 9.80 Å². The van der Waals surface area contributed by atoms with Gasteiger partial charge in [0.25, 0.3) is 0 Å². The van der Waals surface area contributed by atoms with E-state index in [1.807, 2.05) is 83.3 Å². The molecule has 0 saturated carbocycles. The molecule has 0 atom stereocenters. The smallest absolute Gasteiger partial charge is 0.227 e. The molecule has 2 rings (SSSR count). The first-order valence-electron chi connectivity index (χ1n) is 9.59. The highest BCUT2D eigenvalue weighted by atomic mass is 16.2. The second kappa shape index (κ2) is 11.1. The summed E-state index contributed by atoms with van der Waals surface area (Å²) in [5.41, 5.74) is 10.3.